The molecule has 1 atom stereocenters. The summed E-state index contributed by atoms with van der Waals surface area (Å²) in [5.74, 6) is 0. The van der Waals surface area contributed by atoms with E-state index in [4.69, 9.17) is 5.11 Å². The van der Waals surface area contributed by atoms with E-state index in [1.807, 2.05) is 0 Å². The van der Waals surface area contributed by atoms with E-state index >= 15 is 0 Å². The Bertz CT molecular complexity index is 367. The van der Waals surface area contributed by atoms with E-state index in [9.17, 15) is 0 Å². The number of piperidine rings is 1. The van der Waals surface area contributed by atoms with Gasteiger partial charge in [-0.2, -0.15) is 0 Å². The first-order chi connectivity index (χ1) is 8.78. The van der Waals surface area contributed by atoms with Gasteiger partial charge in [-0.05, 0) is 57.0 Å². The summed E-state index contributed by atoms with van der Waals surface area (Å²) < 4.78 is 0. The highest BCUT2D eigenvalue weighted by Crippen LogP contribution is 2.17. The predicted molar refractivity (Wildman–Crippen MR) is 76.0 cm³/mol. The third-order valence-corrected chi connectivity index (χ3v) is 3.55. The Hall–Kier alpha value is -1.06. The Labute approximate surface area is 110 Å². The lowest BCUT2D eigenvalue weighted by molar-refractivity contribution is 0.261. The first-order valence-corrected chi connectivity index (χ1v) is 6.93. The Kier molecular flexibility index (Phi) is 5.02. The number of nitrogens with zero attached hydrogens (tertiary/aromatic N) is 1. The summed E-state index contributed by atoms with van der Waals surface area (Å²) in [6, 6.07) is 9.15. The van der Waals surface area contributed by atoms with Crippen LogP contribution in [0.15, 0.2) is 24.3 Å². The molecule has 100 valence electrons. The van der Waals surface area contributed by atoms with Gasteiger partial charge in [0.25, 0.3) is 0 Å². The van der Waals surface area contributed by atoms with E-state index < -0.39 is 0 Å². The highest BCUT2D eigenvalue weighted by molar-refractivity contribution is 5.46. The van der Waals surface area contributed by atoms with Crippen molar-refractivity contribution in [3.63, 3.8) is 0 Å². The van der Waals surface area contributed by atoms with Crippen LogP contribution >= 0.6 is 0 Å². The summed E-state index contributed by atoms with van der Waals surface area (Å²) >= 11 is 0. The molecule has 1 aliphatic heterocycles. The van der Waals surface area contributed by atoms with Crippen LogP contribution in [0.1, 0.15) is 24.8 Å². The van der Waals surface area contributed by atoms with Gasteiger partial charge in [0.1, 0.15) is 0 Å². The SMILES string of the molecule is CN1CCCC(Nc2cccc(CCCO)c2)C1. The fraction of sp³-hybridized carbons (Fsp3) is 0.600. The van der Waals surface area contributed by atoms with Crippen molar-refractivity contribution in [3.8, 4) is 0 Å². The molecule has 1 aromatic rings. The second kappa shape index (κ2) is 6.76. The van der Waals surface area contributed by atoms with Gasteiger partial charge in [0.05, 0.1) is 0 Å². The van der Waals surface area contributed by atoms with E-state index in [1.54, 1.807) is 0 Å². The Balaban J connectivity index is 1.91. The van der Waals surface area contributed by atoms with Crippen LogP contribution in [0.3, 0.4) is 0 Å². The number of likely N-dealkylation sites (tertiary alicyclic amines) is 1. The van der Waals surface area contributed by atoms with Crippen LogP contribution in [0.25, 0.3) is 0 Å². The maximum atomic E-state index is 8.87. The Morgan fingerprint density at radius 3 is 3.11 bits per heavy atom. The van der Waals surface area contributed by atoms with Crippen molar-refractivity contribution in [1.82, 2.24) is 4.90 Å². The molecule has 1 heterocycles. The van der Waals surface area contributed by atoms with E-state index in [2.05, 4.69) is 41.5 Å². The van der Waals surface area contributed by atoms with Crippen molar-refractivity contribution in [2.75, 3.05) is 32.1 Å². The van der Waals surface area contributed by atoms with Crippen molar-refractivity contribution in [1.29, 1.82) is 0 Å². The van der Waals surface area contributed by atoms with Gasteiger partial charge in [-0.15, -0.1) is 0 Å². The predicted octanol–water partition coefficient (Wildman–Crippen LogP) is 2.12. The van der Waals surface area contributed by atoms with Gasteiger partial charge >= 0.3 is 0 Å². The van der Waals surface area contributed by atoms with Crippen LogP contribution in [0.5, 0.6) is 0 Å². The number of likely N-dealkylation sites (N-methyl/N-ethyl adjacent to an activating group) is 1. The lowest BCUT2D eigenvalue weighted by Crippen LogP contribution is -2.39. The zero-order valence-corrected chi connectivity index (χ0v) is 11.2. The molecular formula is C15H24N2O. The molecule has 1 aromatic carbocycles. The number of anilines is 1. The largest absolute Gasteiger partial charge is 0.396 e. The zero-order chi connectivity index (χ0) is 12.8. The second-order valence-corrected chi connectivity index (χ2v) is 5.27. The van der Waals surface area contributed by atoms with Crippen LogP contribution in [0.4, 0.5) is 5.69 Å². The van der Waals surface area contributed by atoms with Gasteiger partial charge in [0.2, 0.25) is 0 Å². The van der Waals surface area contributed by atoms with Crippen LogP contribution in [0, 0.1) is 0 Å². The molecule has 1 unspecified atom stereocenters. The van der Waals surface area contributed by atoms with Crippen molar-refractivity contribution < 1.29 is 5.11 Å². The molecule has 0 aromatic heterocycles. The molecule has 0 aliphatic carbocycles. The Morgan fingerprint density at radius 1 is 1.44 bits per heavy atom. The number of aliphatic hydroxyl groups excluding tert-OH is 1. The topological polar surface area (TPSA) is 35.5 Å². The third kappa shape index (κ3) is 4.00. The maximum absolute atomic E-state index is 8.87. The van der Waals surface area contributed by atoms with Crippen LogP contribution in [-0.4, -0.2) is 42.8 Å². The molecule has 1 fully saturated rings. The average molecular weight is 248 g/mol. The third-order valence-electron chi connectivity index (χ3n) is 3.55. The molecule has 2 rings (SSSR count). The molecule has 0 amide bonds. The number of rotatable bonds is 5. The summed E-state index contributed by atoms with van der Waals surface area (Å²) in [5, 5.41) is 12.5. The first-order valence-electron chi connectivity index (χ1n) is 6.93. The van der Waals surface area contributed by atoms with Gasteiger partial charge in [-0.1, -0.05) is 12.1 Å². The highest BCUT2D eigenvalue weighted by atomic mass is 16.2. The van der Waals surface area contributed by atoms with Gasteiger partial charge < -0.3 is 15.3 Å². The minimum atomic E-state index is 0.269. The van der Waals surface area contributed by atoms with Crippen molar-refractivity contribution in [3.05, 3.63) is 29.8 Å². The van der Waals surface area contributed by atoms with Gasteiger partial charge in [0.15, 0.2) is 0 Å². The lowest BCUT2D eigenvalue weighted by atomic mass is 10.0. The smallest absolute Gasteiger partial charge is 0.0434 e. The molecule has 0 bridgehead atoms. The number of aliphatic hydroxyl groups is 1. The van der Waals surface area contributed by atoms with Crippen molar-refractivity contribution in [2.24, 2.45) is 0 Å². The fourth-order valence-electron chi connectivity index (χ4n) is 2.62. The highest BCUT2D eigenvalue weighted by Gasteiger charge is 2.16. The quantitative estimate of drug-likeness (QED) is 0.838. The fourth-order valence-corrected chi connectivity index (χ4v) is 2.62. The molecule has 0 saturated carbocycles. The van der Waals surface area contributed by atoms with E-state index in [0.29, 0.717) is 6.04 Å². The van der Waals surface area contributed by atoms with Crippen LogP contribution in [0.2, 0.25) is 0 Å². The summed E-state index contributed by atoms with van der Waals surface area (Å²) in [5.41, 5.74) is 2.52. The number of benzene rings is 1. The van der Waals surface area contributed by atoms with Crippen molar-refractivity contribution in [2.45, 2.75) is 31.7 Å². The molecule has 1 saturated heterocycles. The molecular weight excluding hydrogens is 224 g/mol. The standard InChI is InChI=1S/C15H24N2O/c1-17-9-3-8-15(12-17)16-14-7-2-5-13(11-14)6-4-10-18/h2,5,7,11,15-16,18H,3-4,6,8-10,12H2,1H3. The number of hydrogen-bond donors (Lipinski definition) is 2. The van der Waals surface area contributed by atoms with E-state index in [-0.39, 0.29) is 6.61 Å². The molecule has 18 heavy (non-hydrogen) atoms. The van der Waals surface area contributed by atoms with Gasteiger partial charge in [-0.25, -0.2) is 0 Å². The minimum absolute atomic E-state index is 0.269. The van der Waals surface area contributed by atoms with Gasteiger partial charge in [0, 0.05) is 24.9 Å². The molecule has 0 spiro atoms. The summed E-state index contributed by atoms with van der Waals surface area (Å²) in [7, 11) is 2.19. The normalized spacial score (nSPS) is 20.9. The first kappa shape index (κ1) is 13.4. The number of hydrogen-bond acceptors (Lipinski definition) is 3. The average Bonchev–Trinajstić information content (AvgIpc) is 2.37. The van der Waals surface area contributed by atoms with Gasteiger partial charge in [-0.3, -0.25) is 0 Å². The molecule has 3 nitrogen and oxygen atoms in total. The molecule has 0 radical (unpaired) electrons. The number of nitrogens with one attached hydrogen (secondary N) is 1. The molecule has 3 heteroatoms. The minimum Gasteiger partial charge on any atom is -0.396 e. The lowest BCUT2D eigenvalue weighted by Gasteiger charge is -2.31. The monoisotopic (exact) mass is 248 g/mol. The summed E-state index contributed by atoms with van der Waals surface area (Å²) in [6.07, 6.45) is 4.33. The maximum Gasteiger partial charge on any atom is 0.0434 e. The summed E-state index contributed by atoms with van der Waals surface area (Å²) in [4.78, 5) is 2.39. The van der Waals surface area contributed by atoms with E-state index in [0.717, 1.165) is 19.4 Å². The van der Waals surface area contributed by atoms with Crippen molar-refractivity contribution >= 4 is 5.69 Å². The number of aryl methyl sites for hydroxylation is 1. The van der Waals surface area contributed by atoms with E-state index in [1.165, 1.54) is 30.6 Å². The zero-order valence-electron chi connectivity index (χ0n) is 11.2. The second-order valence-electron chi connectivity index (χ2n) is 5.27. The van der Waals surface area contributed by atoms with Crippen LogP contribution < -0.4 is 5.32 Å². The molecule has 2 N–H and O–H groups in total. The summed E-state index contributed by atoms with van der Waals surface area (Å²) in [6.45, 7) is 2.61. The van der Waals surface area contributed by atoms with Crippen LogP contribution in [-0.2, 0) is 6.42 Å². The molecule has 1 aliphatic rings. The Morgan fingerprint density at radius 2 is 2.33 bits per heavy atom.